The van der Waals surface area contributed by atoms with Crippen LogP contribution >= 0.6 is 0 Å². The molecule has 1 N–H and O–H groups in total. The number of rotatable bonds is 6. The summed E-state index contributed by atoms with van der Waals surface area (Å²) >= 11 is 0. The van der Waals surface area contributed by atoms with Crippen LogP contribution in [-0.2, 0) is 13.1 Å². The van der Waals surface area contributed by atoms with Crippen LogP contribution in [0.15, 0.2) is 35.2 Å². The van der Waals surface area contributed by atoms with E-state index in [0.29, 0.717) is 6.01 Å². The fourth-order valence-corrected chi connectivity index (χ4v) is 1.64. The van der Waals surface area contributed by atoms with Gasteiger partial charge in [-0.05, 0) is 18.2 Å². The van der Waals surface area contributed by atoms with Crippen molar-refractivity contribution in [2.24, 2.45) is 0 Å². The molecular formula is C13H18N4O. The van der Waals surface area contributed by atoms with Crippen LogP contribution in [0, 0.1) is 0 Å². The molecule has 18 heavy (non-hydrogen) atoms. The fraction of sp³-hybridized carbons (Fsp3) is 0.385. The van der Waals surface area contributed by atoms with Gasteiger partial charge in [0.1, 0.15) is 6.26 Å². The molecule has 0 aliphatic heterocycles. The summed E-state index contributed by atoms with van der Waals surface area (Å²) in [6.45, 7) is 4.46. The van der Waals surface area contributed by atoms with Gasteiger partial charge in [-0.3, -0.25) is 4.98 Å². The van der Waals surface area contributed by atoms with Crippen molar-refractivity contribution in [3.8, 4) is 0 Å². The molecule has 0 aromatic carbocycles. The Morgan fingerprint density at radius 3 is 3.06 bits per heavy atom. The number of nitrogens with zero attached hydrogens (tertiary/aromatic N) is 3. The van der Waals surface area contributed by atoms with E-state index in [4.69, 9.17) is 4.42 Å². The van der Waals surface area contributed by atoms with Crippen molar-refractivity contribution in [1.29, 1.82) is 0 Å². The molecule has 0 aliphatic rings. The van der Waals surface area contributed by atoms with Gasteiger partial charge in [-0.15, -0.1) is 0 Å². The van der Waals surface area contributed by atoms with Gasteiger partial charge in [0.25, 0.3) is 6.01 Å². The molecule has 0 saturated carbocycles. The molecule has 2 aromatic heterocycles. The zero-order valence-electron chi connectivity index (χ0n) is 10.8. The van der Waals surface area contributed by atoms with Crippen LogP contribution in [0.2, 0.25) is 0 Å². The molecule has 96 valence electrons. The van der Waals surface area contributed by atoms with Gasteiger partial charge in [-0.25, -0.2) is 0 Å². The van der Waals surface area contributed by atoms with Crippen LogP contribution in [0.25, 0.3) is 0 Å². The second-order valence-electron chi connectivity index (χ2n) is 4.12. The maximum Gasteiger partial charge on any atom is 0.297 e. The van der Waals surface area contributed by atoms with Crippen LogP contribution in [0.1, 0.15) is 18.2 Å². The molecule has 2 aromatic rings. The van der Waals surface area contributed by atoms with E-state index in [9.17, 15) is 0 Å². The van der Waals surface area contributed by atoms with Crippen LogP contribution in [0.4, 0.5) is 6.01 Å². The van der Waals surface area contributed by atoms with E-state index < -0.39 is 0 Å². The average Bonchev–Trinajstić information content (AvgIpc) is 2.86. The number of aromatic nitrogens is 2. The van der Waals surface area contributed by atoms with Crippen molar-refractivity contribution in [1.82, 2.24) is 15.3 Å². The lowest BCUT2D eigenvalue weighted by atomic mass is 10.3. The molecule has 5 nitrogen and oxygen atoms in total. The highest BCUT2D eigenvalue weighted by molar-refractivity contribution is 5.27. The van der Waals surface area contributed by atoms with Crippen LogP contribution in [-0.4, -0.2) is 23.6 Å². The minimum atomic E-state index is 0.631. The number of pyridine rings is 1. The first kappa shape index (κ1) is 12.6. The lowest BCUT2D eigenvalue weighted by Gasteiger charge is -2.13. The first-order chi connectivity index (χ1) is 8.79. The van der Waals surface area contributed by atoms with Crippen molar-refractivity contribution in [2.45, 2.75) is 20.0 Å². The number of oxazole rings is 1. The Bertz CT molecular complexity index is 469. The second-order valence-corrected chi connectivity index (χ2v) is 4.12. The normalized spacial score (nSPS) is 10.6. The molecule has 2 heterocycles. The third-order valence-electron chi connectivity index (χ3n) is 2.56. The third-order valence-corrected chi connectivity index (χ3v) is 2.56. The summed E-state index contributed by atoms with van der Waals surface area (Å²) in [6.07, 6.45) is 5.31. The summed E-state index contributed by atoms with van der Waals surface area (Å²) in [5.41, 5.74) is 2.05. The highest BCUT2D eigenvalue weighted by atomic mass is 16.4. The van der Waals surface area contributed by atoms with E-state index in [0.717, 1.165) is 30.9 Å². The van der Waals surface area contributed by atoms with Gasteiger partial charge in [-0.2, -0.15) is 4.98 Å². The van der Waals surface area contributed by atoms with Crippen LogP contribution in [0.3, 0.4) is 0 Å². The lowest BCUT2D eigenvalue weighted by Crippen LogP contribution is -2.17. The van der Waals surface area contributed by atoms with Gasteiger partial charge in [-0.1, -0.05) is 13.0 Å². The minimum absolute atomic E-state index is 0.631. The Balaban J connectivity index is 1.96. The smallest absolute Gasteiger partial charge is 0.297 e. The predicted molar refractivity (Wildman–Crippen MR) is 70.2 cm³/mol. The molecule has 0 radical (unpaired) electrons. The fourth-order valence-electron chi connectivity index (χ4n) is 1.64. The number of hydrogen-bond donors (Lipinski definition) is 1. The molecule has 0 fully saturated rings. The summed E-state index contributed by atoms with van der Waals surface area (Å²) in [4.78, 5) is 10.5. The first-order valence-corrected chi connectivity index (χ1v) is 6.04. The van der Waals surface area contributed by atoms with E-state index in [1.165, 1.54) is 0 Å². The van der Waals surface area contributed by atoms with Crippen molar-refractivity contribution < 1.29 is 4.42 Å². The zero-order chi connectivity index (χ0) is 12.8. The molecule has 5 heteroatoms. The highest BCUT2D eigenvalue weighted by Gasteiger charge is 2.09. The molecule has 0 spiro atoms. The van der Waals surface area contributed by atoms with Gasteiger partial charge >= 0.3 is 0 Å². The topological polar surface area (TPSA) is 54.2 Å². The largest absolute Gasteiger partial charge is 0.432 e. The van der Waals surface area contributed by atoms with Crippen molar-refractivity contribution in [3.63, 3.8) is 0 Å². The maximum atomic E-state index is 5.45. The Labute approximate surface area is 107 Å². The summed E-state index contributed by atoms with van der Waals surface area (Å²) < 4.78 is 5.45. The standard InChI is InChI=1S/C13H18N4O/c1-3-14-8-12-10-18-13(16-12)17(2)9-11-5-4-6-15-7-11/h4-7,10,14H,3,8-9H2,1-2H3. The number of anilines is 1. The quantitative estimate of drug-likeness (QED) is 0.842. The lowest BCUT2D eigenvalue weighted by molar-refractivity contribution is 0.543. The van der Waals surface area contributed by atoms with Gasteiger partial charge in [0.2, 0.25) is 0 Å². The molecule has 0 aliphatic carbocycles. The molecule has 0 saturated heterocycles. The number of hydrogen-bond acceptors (Lipinski definition) is 5. The van der Waals surface area contributed by atoms with E-state index in [1.54, 1.807) is 12.5 Å². The minimum Gasteiger partial charge on any atom is -0.432 e. The SMILES string of the molecule is CCNCc1coc(N(C)Cc2cccnc2)n1. The van der Waals surface area contributed by atoms with E-state index in [1.807, 2.05) is 30.3 Å². The molecular weight excluding hydrogens is 228 g/mol. The van der Waals surface area contributed by atoms with Crippen LogP contribution < -0.4 is 10.2 Å². The summed E-state index contributed by atoms with van der Waals surface area (Å²) in [6, 6.07) is 4.59. The van der Waals surface area contributed by atoms with Crippen molar-refractivity contribution >= 4 is 6.01 Å². The molecule has 0 atom stereocenters. The molecule has 0 amide bonds. The number of nitrogens with one attached hydrogen (secondary N) is 1. The Morgan fingerprint density at radius 2 is 2.33 bits per heavy atom. The van der Waals surface area contributed by atoms with Crippen LogP contribution in [0.5, 0.6) is 0 Å². The monoisotopic (exact) mass is 246 g/mol. The van der Waals surface area contributed by atoms with Gasteiger partial charge in [0.15, 0.2) is 0 Å². The second kappa shape index (κ2) is 6.16. The van der Waals surface area contributed by atoms with E-state index in [-0.39, 0.29) is 0 Å². The van der Waals surface area contributed by atoms with E-state index in [2.05, 4.69) is 22.2 Å². The average molecular weight is 246 g/mol. The molecule has 0 unspecified atom stereocenters. The summed E-state index contributed by atoms with van der Waals surface area (Å²) in [5, 5.41) is 3.22. The van der Waals surface area contributed by atoms with Gasteiger partial charge < -0.3 is 14.6 Å². The third kappa shape index (κ3) is 3.30. The molecule has 0 bridgehead atoms. The first-order valence-electron chi connectivity index (χ1n) is 6.04. The highest BCUT2D eigenvalue weighted by Crippen LogP contribution is 2.14. The van der Waals surface area contributed by atoms with Gasteiger partial charge in [0, 0.05) is 32.5 Å². The predicted octanol–water partition coefficient (Wildman–Crippen LogP) is 1.82. The van der Waals surface area contributed by atoms with Crippen molar-refractivity contribution in [2.75, 3.05) is 18.5 Å². The summed E-state index contributed by atoms with van der Waals surface area (Å²) in [7, 11) is 1.95. The summed E-state index contributed by atoms with van der Waals surface area (Å²) in [5.74, 6) is 0. The Morgan fingerprint density at radius 1 is 1.44 bits per heavy atom. The van der Waals surface area contributed by atoms with Gasteiger partial charge in [0.05, 0.1) is 5.69 Å². The Kier molecular flexibility index (Phi) is 4.30. The molecule has 2 rings (SSSR count). The van der Waals surface area contributed by atoms with Crippen molar-refractivity contribution in [3.05, 3.63) is 42.0 Å². The maximum absolute atomic E-state index is 5.45. The zero-order valence-corrected chi connectivity index (χ0v) is 10.8. The van der Waals surface area contributed by atoms with E-state index >= 15 is 0 Å². The Hall–Kier alpha value is -1.88.